The summed E-state index contributed by atoms with van der Waals surface area (Å²) in [6.07, 6.45) is 3.95. The van der Waals surface area contributed by atoms with Crippen molar-refractivity contribution < 1.29 is 14.0 Å². The molecule has 0 radical (unpaired) electrons. The summed E-state index contributed by atoms with van der Waals surface area (Å²) >= 11 is 0. The number of hydrogen-bond acceptors (Lipinski definition) is 3. The van der Waals surface area contributed by atoms with E-state index in [0.29, 0.717) is 13.1 Å². The number of nitrogens with zero attached hydrogens (tertiary/aromatic N) is 2. The SMILES string of the molecule is O=C(c1ccco1)N1CCCN1C(=O)C1(c2ccccc2)CC1. The monoisotopic (exact) mass is 310 g/mol. The van der Waals surface area contributed by atoms with Gasteiger partial charge in [-0.25, -0.2) is 5.01 Å². The Kier molecular flexibility index (Phi) is 3.22. The molecule has 2 heterocycles. The lowest BCUT2D eigenvalue weighted by Crippen LogP contribution is -2.48. The molecule has 0 N–H and O–H groups in total. The molecule has 5 heteroatoms. The molecule has 5 nitrogen and oxygen atoms in total. The molecule has 1 saturated heterocycles. The lowest BCUT2D eigenvalue weighted by molar-refractivity contribution is -0.143. The summed E-state index contributed by atoms with van der Waals surface area (Å²) in [5, 5.41) is 3.15. The van der Waals surface area contributed by atoms with Gasteiger partial charge in [0.25, 0.3) is 5.91 Å². The Labute approximate surface area is 134 Å². The lowest BCUT2D eigenvalue weighted by Gasteiger charge is -2.30. The third kappa shape index (κ3) is 2.23. The normalized spacial score (nSPS) is 19.0. The van der Waals surface area contributed by atoms with Crippen molar-refractivity contribution in [2.24, 2.45) is 0 Å². The van der Waals surface area contributed by atoms with Crippen LogP contribution in [0.4, 0.5) is 0 Å². The fraction of sp³-hybridized carbons (Fsp3) is 0.333. The van der Waals surface area contributed by atoms with Gasteiger partial charge in [-0.1, -0.05) is 30.3 Å². The molecule has 2 amide bonds. The van der Waals surface area contributed by atoms with Crippen LogP contribution in [0.5, 0.6) is 0 Å². The van der Waals surface area contributed by atoms with E-state index in [4.69, 9.17) is 4.42 Å². The first kappa shape index (κ1) is 14.1. The molecular weight excluding hydrogens is 292 g/mol. The van der Waals surface area contributed by atoms with Gasteiger partial charge in [0.1, 0.15) is 0 Å². The summed E-state index contributed by atoms with van der Waals surface area (Å²) in [4.78, 5) is 25.7. The van der Waals surface area contributed by atoms with Gasteiger partial charge in [-0.3, -0.25) is 14.6 Å². The van der Waals surface area contributed by atoms with E-state index in [1.807, 2.05) is 30.3 Å². The lowest BCUT2D eigenvalue weighted by atomic mass is 9.95. The van der Waals surface area contributed by atoms with Crippen molar-refractivity contribution in [3.8, 4) is 0 Å². The van der Waals surface area contributed by atoms with Crippen LogP contribution in [0.25, 0.3) is 0 Å². The topological polar surface area (TPSA) is 53.8 Å². The second kappa shape index (κ2) is 5.26. The largest absolute Gasteiger partial charge is 0.459 e. The summed E-state index contributed by atoms with van der Waals surface area (Å²) < 4.78 is 5.19. The van der Waals surface area contributed by atoms with Crippen LogP contribution in [0.3, 0.4) is 0 Å². The second-order valence-corrected chi connectivity index (χ2v) is 6.14. The van der Waals surface area contributed by atoms with Gasteiger partial charge in [-0.05, 0) is 37.0 Å². The molecule has 118 valence electrons. The molecule has 23 heavy (non-hydrogen) atoms. The standard InChI is InChI=1S/C18H18N2O3/c21-16(15-8-4-13-23-15)19-11-5-12-20(19)17(22)18(9-10-18)14-6-2-1-3-7-14/h1-4,6-8,13H,5,9-12H2. The Hall–Kier alpha value is -2.56. The third-order valence-corrected chi connectivity index (χ3v) is 4.72. The maximum atomic E-state index is 13.1. The van der Waals surface area contributed by atoms with E-state index >= 15 is 0 Å². The van der Waals surface area contributed by atoms with Gasteiger partial charge in [-0.2, -0.15) is 0 Å². The molecule has 2 fully saturated rings. The van der Waals surface area contributed by atoms with Gasteiger partial charge in [0.15, 0.2) is 5.76 Å². The highest BCUT2D eigenvalue weighted by molar-refractivity contribution is 5.96. The number of hydrazine groups is 1. The Morgan fingerprint density at radius 2 is 1.70 bits per heavy atom. The van der Waals surface area contributed by atoms with Crippen LogP contribution in [-0.4, -0.2) is 34.9 Å². The summed E-state index contributed by atoms with van der Waals surface area (Å²) in [5.74, 6) is 0.0556. The minimum atomic E-state index is -0.451. The molecule has 2 aromatic rings. The van der Waals surface area contributed by atoms with Crippen molar-refractivity contribution in [3.05, 3.63) is 60.1 Å². The van der Waals surface area contributed by atoms with Crippen LogP contribution in [0.1, 0.15) is 35.4 Å². The highest BCUT2D eigenvalue weighted by Gasteiger charge is 2.55. The first-order valence-corrected chi connectivity index (χ1v) is 7.95. The molecule has 2 aliphatic rings. The zero-order chi connectivity index (χ0) is 15.9. The number of benzene rings is 1. The van der Waals surface area contributed by atoms with Crippen LogP contribution >= 0.6 is 0 Å². The minimum Gasteiger partial charge on any atom is -0.459 e. The van der Waals surface area contributed by atoms with E-state index in [2.05, 4.69) is 0 Å². The van der Waals surface area contributed by atoms with Gasteiger partial charge < -0.3 is 4.42 Å². The first-order chi connectivity index (χ1) is 11.2. The summed E-state index contributed by atoms with van der Waals surface area (Å²) in [5.41, 5.74) is 0.593. The van der Waals surface area contributed by atoms with E-state index in [9.17, 15) is 9.59 Å². The average Bonchev–Trinajstić information content (AvgIpc) is 3.03. The van der Waals surface area contributed by atoms with Crippen LogP contribution in [-0.2, 0) is 10.2 Å². The number of carbonyl (C=O) groups excluding carboxylic acids is 2. The summed E-state index contributed by atoms with van der Waals surface area (Å²) in [6.45, 7) is 1.13. The minimum absolute atomic E-state index is 0.0288. The quantitative estimate of drug-likeness (QED) is 0.875. The molecule has 0 spiro atoms. The van der Waals surface area contributed by atoms with E-state index in [0.717, 1.165) is 24.8 Å². The number of furan rings is 1. The van der Waals surface area contributed by atoms with Crippen molar-refractivity contribution in [2.45, 2.75) is 24.7 Å². The van der Waals surface area contributed by atoms with Crippen molar-refractivity contribution in [1.29, 1.82) is 0 Å². The number of carbonyl (C=O) groups is 2. The molecule has 1 aromatic carbocycles. The first-order valence-electron chi connectivity index (χ1n) is 7.95. The van der Waals surface area contributed by atoms with Gasteiger partial charge in [0, 0.05) is 13.1 Å². The fourth-order valence-electron chi connectivity index (χ4n) is 3.32. The molecule has 4 rings (SSSR count). The van der Waals surface area contributed by atoms with Crippen LogP contribution in [0.15, 0.2) is 53.1 Å². The highest BCUT2D eigenvalue weighted by Crippen LogP contribution is 2.50. The maximum Gasteiger partial charge on any atom is 0.308 e. The molecule has 0 bridgehead atoms. The van der Waals surface area contributed by atoms with Gasteiger partial charge >= 0.3 is 5.91 Å². The summed E-state index contributed by atoms with van der Waals surface area (Å²) in [6, 6.07) is 13.2. The van der Waals surface area contributed by atoms with Gasteiger partial charge in [-0.15, -0.1) is 0 Å². The van der Waals surface area contributed by atoms with Crippen LogP contribution in [0, 0.1) is 0 Å². The molecular formula is C18H18N2O3. The van der Waals surface area contributed by atoms with E-state index in [1.54, 1.807) is 17.1 Å². The number of rotatable bonds is 3. The van der Waals surface area contributed by atoms with E-state index in [-0.39, 0.29) is 17.6 Å². The second-order valence-electron chi connectivity index (χ2n) is 6.14. The molecule has 0 atom stereocenters. The smallest absolute Gasteiger partial charge is 0.308 e. The number of amides is 2. The van der Waals surface area contributed by atoms with Crippen molar-refractivity contribution >= 4 is 11.8 Å². The fourth-order valence-corrected chi connectivity index (χ4v) is 3.32. The summed E-state index contributed by atoms with van der Waals surface area (Å²) in [7, 11) is 0. The predicted molar refractivity (Wildman–Crippen MR) is 83.4 cm³/mol. The molecule has 1 aromatic heterocycles. The van der Waals surface area contributed by atoms with Crippen LogP contribution < -0.4 is 0 Å². The van der Waals surface area contributed by atoms with Crippen LogP contribution in [0.2, 0.25) is 0 Å². The predicted octanol–water partition coefficient (Wildman–Crippen LogP) is 2.60. The van der Waals surface area contributed by atoms with Crippen molar-refractivity contribution in [1.82, 2.24) is 10.0 Å². The molecule has 0 unspecified atom stereocenters. The van der Waals surface area contributed by atoms with E-state index < -0.39 is 5.41 Å². The number of hydrogen-bond donors (Lipinski definition) is 0. The zero-order valence-electron chi connectivity index (χ0n) is 12.8. The molecule has 1 aliphatic heterocycles. The Morgan fingerprint density at radius 1 is 0.957 bits per heavy atom. The molecule has 1 aliphatic carbocycles. The van der Waals surface area contributed by atoms with Gasteiger partial charge in [0.05, 0.1) is 11.7 Å². The van der Waals surface area contributed by atoms with Crippen molar-refractivity contribution in [2.75, 3.05) is 13.1 Å². The Balaban J connectivity index is 1.60. The third-order valence-electron chi connectivity index (χ3n) is 4.72. The Bertz CT molecular complexity index is 720. The van der Waals surface area contributed by atoms with Gasteiger partial charge in [0.2, 0.25) is 0 Å². The van der Waals surface area contributed by atoms with E-state index in [1.165, 1.54) is 11.3 Å². The highest BCUT2D eigenvalue weighted by atomic mass is 16.3. The average molecular weight is 310 g/mol. The Morgan fingerprint density at radius 3 is 2.35 bits per heavy atom. The maximum absolute atomic E-state index is 13.1. The van der Waals surface area contributed by atoms with Crippen molar-refractivity contribution in [3.63, 3.8) is 0 Å². The molecule has 1 saturated carbocycles. The zero-order valence-corrected chi connectivity index (χ0v) is 12.8.